The van der Waals surface area contributed by atoms with Crippen molar-refractivity contribution in [2.75, 3.05) is 24.5 Å². The van der Waals surface area contributed by atoms with Crippen molar-refractivity contribution >= 4 is 38.4 Å². The van der Waals surface area contributed by atoms with Gasteiger partial charge in [-0.05, 0) is 44.0 Å². The molecule has 3 rings (SSSR count). The van der Waals surface area contributed by atoms with Gasteiger partial charge in [0.15, 0.2) is 5.13 Å². The number of ether oxygens (including phenoxy) is 1. The number of aromatic nitrogens is 1. The number of anilines is 1. The van der Waals surface area contributed by atoms with Crippen LogP contribution < -0.4 is 4.90 Å². The molecule has 2 aromatic rings. The third kappa shape index (κ3) is 5.46. The predicted octanol–water partition coefficient (Wildman–Crippen LogP) is 2.80. The van der Waals surface area contributed by atoms with Gasteiger partial charge in [-0.3, -0.25) is 14.5 Å². The van der Waals surface area contributed by atoms with E-state index in [0.29, 0.717) is 30.2 Å². The zero-order valence-electron chi connectivity index (χ0n) is 17.3. The number of benzene rings is 1. The van der Waals surface area contributed by atoms with Gasteiger partial charge in [0.2, 0.25) is 15.9 Å². The molecule has 1 fully saturated rings. The summed E-state index contributed by atoms with van der Waals surface area (Å²) in [4.78, 5) is 29.9. The molecule has 0 saturated carbocycles. The lowest BCUT2D eigenvalue weighted by molar-refractivity contribution is -0.151. The number of sulfonamides is 1. The molecule has 1 aliphatic rings. The molecule has 0 N–H and O–H groups in total. The molecule has 0 aliphatic carbocycles. The Balaban J connectivity index is 1.52. The highest BCUT2D eigenvalue weighted by atomic mass is 32.2. The van der Waals surface area contributed by atoms with Crippen molar-refractivity contribution in [3.8, 4) is 0 Å². The number of thiazole rings is 1. The molecule has 0 spiro atoms. The van der Waals surface area contributed by atoms with Crippen molar-refractivity contribution in [1.82, 2.24) is 9.29 Å². The monoisotopic (exact) mass is 469 g/mol. The molecule has 11 heteroatoms. The Kier molecular flexibility index (Phi) is 7.39. The number of carbonyl (C=O) groups excluding carboxylic acids is 2. The van der Waals surface area contributed by atoms with Gasteiger partial charge in [-0.15, -0.1) is 11.3 Å². The molecule has 0 radical (unpaired) electrons. The highest BCUT2D eigenvalue weighted by Gasteiger charge is 2.33. The van der Waals surface area contributed by atoms with Crippen LogP contribution in [-0.4, -0.2) is 49.2 Å². The summed E-state index contributed by atoms with van der Waals surface area (Å²) >= 11 is 1.31. The van der Waals surface area contributed by atoms with Gasteiger partial charge in [-0.1, -0.05) is 0 Å². The van der Waals surface area contributed by atoms with Crippen molar-refractivity contribution in [1.29, 1.82) is 0 Å². The van der Waals surface area contributed by atoms with Crippen LogP contribution in [0, 0.1) is 11.7 Å². The topological polar surface area (TPSA) is 96.9 Å². The second kappa shape index (κ2) is 9.84. The maximum atomic E-state index is 13.1. The fraction of sp³-hybridized carbons (Fsp3) is 0.450. The standard InChI is InChI=1S/C20H24FN3O5S2/c1-3-24(14(2)25)20-22-17(13-30-20)12-29-19(26)15-8-10-23(11-9-15)31(27,28)18-6-4-16(21)5-7-18/h4-7,13,15H,3,8-12H2,1-2H3. The first-order valence-corrected chi connectivity index (χ1v) is 12.2. The number of halogens is 1. The van der Waals surface area contributed by atoms with Crippen LogP contribution in [0.1, 0.15) is 32.4 Å². The number of piperidine rings is 1. The first kappa shape index (κ1) is 23.3. The fourth-order valence-electron chi connectivity index (χ4n) is 3.33. The number of hydrogen-bond acceptors (Lipinski definition) is 7. The normalized spacial score (nSPS) is 15.6. The molecular formula is C20H24FN3O5S2. The minimum absolute atomic E-state index is 0.00111. The third-order valence-electron chi connectivity index (χ3n) is 5.07. The number of amides is 1. The highest BCUT2D eigenvalue weighted by molar-refractivity contribution is 7.89. The van der Waals surface area contributed by atoms with Crippen LogP contribution in [0.3, 0.4) is 0 Å². The quantitative estimate of drug-likeness (QED) is 0.579. The molecule has 1 amide bonds. The molecule has 31 heavy (non-hydrogen) atoms. The van der Waals surface area contributed by atoms with E-state index in [-0.39, 0.29) is 30.5 Å². The summed E-state index contributed by atoms with van der Waals surface area (Å²) in [6.45, 7) is 4.19. The lowest BCUT2D eigenvalue weighted by Crippen LogP contribution is -2.40. The Hall–Kier alpha value is -2.37. The molecular weight excluding hydrogens is 445 g/mol. The van der Waals surface area contributed by atoms with E-state index in [0.717, 1.165) is 12.1 Å². The van der Waals surface area contributed by atoms with Crippen LogP contribution in [-0.2, 0) is 31.0 Å². The van der Waals surface area contributed by atoms with Crippen molar-refractivity contribution in [2.24, 2.45) is 5.92 Å². The van der Waals surface area contributed by atoms with Gasteiger partial charge in [0.05, 0.1) is 16.5 Å². The van der Waals surface area contributed by atoms with Gasteiger partial charge in [0.25, 0.3) is 0 Å². The van der Waals surface area contributed by atoms with Gasteiger partial charge < -0.3 is 4.74 Å². The van der Waals surface area contributed by atoms with Gasteiger partial charge in [-0.25, -0.2) is 17.8 Å². The van der Waals surface area contributed by atoms with E-state index in [1.54, 1.807) is 5.38 Å². The minimum atomic E-state index is -3.72. The molecule has 2 heterocycles. The van der Waals surface area contributed by atoms with E-state index < -0.39 is 27.7 Å². The average molecular weight is 470 g/mol. The molecule has 0 atom stereocenters. The van der Waals surface area contributed by atoms with Gasteiger partial charge in [0.1, 0.15) is 12.4 Å². The van der Waals surface area contributed by atoms with Crippen LogP contribution in [0.4, 0.5) is 9.52 Å². The average Bonchev–Trinajstić information content (AvgIpc) is 3.21. The van der Waals surface area contributed by atoms with Crippen LogP contribution >= 0.6 is 11.3 Å². The van der Waals surface area contributed by atoms with Crippen LogP contribution in [0.2, 0.25) is 0 Å². The zero-order valence-corrected chi connectivity index (χ0v) is 18.9. The van der Waals surface area contributed by atoms with E-state index in [9.17, 15) is 22.4 Å². The number of esters is 1. The van der Waals surface area contributed by atoms with E-state index in [4.69, 9.17) is 4.74 Å². The lowest BCUT2D eigenvalue weighted by Gasteiger charge is -2.30. The number of hydrogen-bond donors (Lipinski definition) is 0. The van der Waals surface area contributed by atoms with Gasteiger partial charge in [0, 0.05) is 31.9 Å². The maximum Gasteiger partial charge on any atom is 0.309 e. The van der Waals surface area contributed by atoms with Crippen LogP contribution in [0.15, 0.2) is 34.5 Å². The Morgan fingerprint density at radius 3 is 2.48 bits per heavy atom. The van der Waals surface area contributed by atoms with E-state index in [1.165, 1.54) is 39.6 Å². The van der Waals surface area contributed by atoms with E-state index >= 15 is 0 Å². The largest absolute Gasteiger partial charge is 0.459 e. The van der Waals surface area contributed by atoms with E-state index in [1.807, 2.05) is 6.92 Å². The molecule has 1 saturated heterocycles. The van der Waals surface area contributed by atoms with Gasteiger partial charge in [-0.2, -0.15) is 4.31 Å². The summed E-state index contributed by atoms with van der Waals surface area (Å²) in [7, 11) is -3.72. The lowest BCUT2D eigenvalue weighted by atomic mass is 9.98. The summed E-state index contributed by atoms with van der Waals surface area (Å²) in [5, 5.41) is 2.30. The Labute approximate surface area is 184 Å². The van der Waals surface area contributed by atoms with Crippen molar-refractivity contribution in [2.45, 2.75) is 38.2 Å². The van der Waals surface area contributed by atoms with Gasteiger partial charge >= 0.3 is 5.97 Å². The molecule has 0 unspecified atom stereocenters. The summed E-state index contributed by atoms with van der Waals surface area (Å²) in [6.07, 6.45) is 0.686. The summed E-state index contributed by atoms with van der Waals surface area (Å²) < 4.78 is 45.1. The molecule has 0 bridgehead atoms. The second-order valence-electron chi connectivity index (χ2n) is 7.12. The molecule has 8 nitrogen and oxygen atoms in total. The number of carbonyl (C=O) groups is 2. The minimum Gasteiger partial charge on any atom is -0.459 e. The van der Waals surface area contributed by atoms with Crippen LogP contribution in [0.5, 0.6) is 0 Å². The molecule has 168 valence electrons. The summed E-state index contributed by atoms with van der Waals surface area (Å²) in [5.41, 5.74) is 0.560. The first-order valence-electron chi connectivity index (χ1n) is 9.87. The summed E-state index contributed by atoms with van der Waals surface area (Å²) in [6, 6.07) is 4.69. The fourth-order valence-corrected chi connectivity index (χ4v) is 5.72. The predicted molar refractivity (Wildman–Crippen MR) is 113 cm³/mol. The molecule has 1 aromatic carbocycles. The molecule has 1 aromatic heterocycles. The Morgan fingerprint density at radius 1 is 1.26 bits per heavy atom. The third-order valence-corrected chi connectivity index (χ3v) is 7.89. The maximum absolute atomic E-state index is 13.1. The second-order valence-corrected chi connectivity index (χ2v) is 9.90. The zero-order chi connectivity index (χ0) is 22.6. The Morgan fingerprint density at radius 2 is 1.90 bits per heavy atom. The smallest absolute Gasteiger partial charge is 0.309 e. The Bertz CT molecular complexity index is 1030. The summed E-state index contributed by atoms with van der Waals surface area (Å²) in [5.74, 6) is -1.41. The highest BCUT2D eigenvalue weighted by Crippen LogP contribution is 2.26. The number of nitrogens with zero attached hydrogens (tertiary/aromatic N) is 3. The van der Waals surface area contributed by atoms with Crippen molar-refractivity contribution < 1.29 is 27.1 Å². The number of rotatable bonds is 7. The van der Waals surface area contributed by atoms with Crippen molar-refractivity contribution in [3.05, 3.63) is 41.2 Å². The SMILES string of the molecule is CCN(C(C)=O)c1nc(COC(=O)C2CCN(S(=O)(=O)c3ccc(F)cc3)CC2)cs1. The van der Waals surface area contributed by atoms with Crippen molar-refractivity contribution in [3.63, 3.8) is 0 Å². The first-order chi connectivity index (χ1) is 14.7. The van der Waals surface area contributed by atoms with Crippen LogP contribution in [0.25, 0.3) is 0 Å². The van der Waals surface area contributed by atoms with E-state index in [2.05, 4.69) is 4.98 Å². The molecule has 1 aliphatic heterocycles.